The molecule has 0 unspecified atom stereocenters. The molecule has 2 bridgehead atoms. The Labute approximate surface area is 258 Å². The topological polar surface area (TPSA) is 119 Å². The maximum atomic E-state index is 13.9. The van der Waals surface area contributed by atoms with Gasteiger partial charge in [0.2, 0.25) is 11.8 Å². The molecule has 45 heavy (non-hydrogen) atoms. The molecule has 2 fully saturated rings. The minimum absolute atomic E-state index is 0.0979. The summed E-state index contributed by atoms with van der Waals surface area (Å²) in [6, 6.07) is 11.3. The molecule has 2 aromatic carbocycles. The number of methoxy groups -OCH3 is 1. The van der Waals surface area contributed by atoms with Gasteiger partial charge in [0.05, 0.1) is 30.4 Å². The quantitative estimate of drug-likeness (QED) is 0.498. The number of hydrogen-bond acceptors (Lipinski definition) is 8. The van der Waals surface area contributed by atoms with Gasteiger partial charge in [-0.3, -0.25) is 19.3 Å². The molecule has 3 aliphatic rings. The SMILES string of the molecule is COCC(=O)N[C@@H]1CC[C@H]2CCOc3ccccc3C(=O)N3CCN(Cc4ccc(OC(F)(F)F)cc4)C[C@H]3C(=O)NC[C@H]1O2. The second-order valence-electron chi connectivity index (χ2n) is 11.3. The lowest BCUT2D eigenvalue weighted by Crippen LogP contribution is -2.62. The smallest absolute Gasteiger partial charge is 0.493 e. The number of rotatable bonds is 6. The number of para-hydroxylation sites is 1. The van der Waals surface area contributed by atoms with Crippen LogP contribution in [0.4, 0.5) is 13.2 Å². The Kier molecular flexibility index (Phi) is 10.5. The molecule has 244 valence electrons. The summed E-state index contributed by atoms with van der Waals surface area (Å²) in [5.41, 5.74) is 1.07. The van der Waals surface area contributed by atoms with E-state index in [2.05, 4.69) is 15.4 Å². The summed E-state index contributed by atoms with van der Waals surface area (Å²) in [6.45, 7) is 1.53. The number of amides is 3. The number of benzene rings is 2. The number of hydrogen-bond donors (Lipinski definition) is 2. The lowest BCUT2D eigenvalue weighted by atomic mass is 9.96. The van der Waals surface area contributed by atoms with E-state index in [0.29, 0.717) is 50.3 Å². The van der Waals surface area contributed by atoms with Crippen LogP contribution < -0.4 is 20.1 Å². The van der Waals surface area contributed by atoms with Gasteiger partial charge in [-0.15, -0.1) is 13.2 Å². The average Bonchev–Trinajstić information content (AvgIpc) is 3.00. The molecule has 0 saturated carbocycles. The van der Waals surface area contributed by atoms with Gasteiger partial charge in [0.15, 0.2) is 0 Å². The Balaban J connectivity index is 1.35. The highest BCUT2D eigenvalue weighted by atomic mass is 19.4. The molecule has 4 atom stereocenters. The van der Waals surface area contributed by atoms with Crippen LogP contribution in [0.2, 0.25) is 0 Å². The van der Waals surface area contributed by atoms with Crippen LogP contribution in [0.25, 0.3) is 0 Å². The fourth-order valence-electron chi connectivity index (χ4n) is 5.96. The van der Waals surface area contributed by atoms with E-state index in [1.807, 2.05) is 4.90 Å². The molecule has 14 heteroatoms. The van der Waals surface area contributed by atoms with E-state index >= 15 is 0 Å². The standard InChI is InChI=1S/C31H37F3N4O7/c1-42-19-28(39)36-24-11-10-21-12-15-43-26-5-3-2-4-23(26)30(41)38-14-13-37(18-25(38)29(40)35-16-27(24)44-21)17-20-6-8-22(9-7-20)45-31(32,33)34/h2-9,21,24-25,27H,10-19H2,1H3,(H,35,40)(H,36,39)/t21-,24+,25-,27+/m0/s1. The van der Waals surface area contributed by atoms with Crippen LogP contribution in [0, 0.1) is 0 Å². The number of carbonyl (C=O) groups excluding carboxylic acids is 3. The predicted molar refractivity (Wildman–Crippen MR) is 154 cm³/mol. The average molecular weight is 635 g/mol. The van der Waals surface area contributed by atoms with Gasteiger partial charge in [0, 0.05) is 46.3 Å². The van der Waals surface area contributed by atoms with Crippen LogP contribution >= 0.6 is 0 Å². The lowest BCUT2D eigenvalue weighted by Gasteiger charge is -2.42. The molecular formula is C31H37F3N4O7. The molecule has 2 saturated heterocycles. The Morgan fingerprint density at radius 2 is 1.84 bits per heavy atom. The van der Waals surface area contributed by atoms with Crippen molar-refractivity contribution in [1.82, 2.24) is 20.4 Å². The molecule has 5 rings (SSSR count). The lowest BCUT2D eigenvalue weighted by molar-refractivity contribution is -0.274. The van der Waals surface area contributed by atoms with Crippen molar-refractivity contribution >= 4 is 17.7 Å². The molecule has 0 aromatic heterocycles. The number of piperazine rings is 1. The molecule has 0 radical (unpaired) electrons. The van der Waals surface area contributed by atoms with E-state index in [1.54, 1.807) is 24.3 Å². The monoisotopic (exact) mass is 634 g/mol. The molecule has 3 amide bonds. The van der Waals surface area contributed by atoms with Gasteiger partial charge in [-0.05, 0) is 42.7 Å². The fraction of sp³-hybridized carbons (Fsp3) is 0.516. The Bertz CT molecular complexity index is 1340. The first-order chi connectivity index (χ1) is 21.6. The van der Waals surface area contributed by atoms with Gasteiger partial charge in [0.25, 0.3) is 5.91 Å². The molecule has 2 N–H and O–H groups in total. The van der Waals surface area contributed by atoms with Gasteiger partial charge in [-0.2, -0.15) is 0 Å². The highest BCUT2D eigenvalue weighted by Crippen LogP contribution is 2.27. The Morgan fingerprint density at radius 1 is 1.07 bits per heavy atom. The first kappa shape index (κ1) is 32.5. The van der Waals surface area contributed by atoms with Gasteiger partial charge < -0.3 is 34.5 Å². The molecule has 0 aliphatic carbocycles. The predicted octanol–water partition coefficient (Wildman–Crippen LogP) is 2.49. The first-order valence-corrected chi connectivity index (χ1v) is 14.9. The van der Waals surface area contributed by atoms with Crippen molar-refractivity contribution in [3.63, 3.8) is 0 Å². The zero-order valence-corrected chi connectivity index (χ0v) is 24.9. The van der Waals surface area contributed by atoms with E-state index in [1.165, 1.54) is 36.3 Å². The van der Waals surface area contributed by atoms with Crippen molar-refractivity contribution in [2.45, 2.75) is 56.5 Å². The Morgan fingerprint density at radius 3 is 2.60 bits per heavy atom. The summed E-state index contributed by atoms with van der Waals surface area (Å²) in [5.74, 6) is -0.911. The molecule has 0 spiro atoms. The van der Waals surface area contributed by atoms with Gasteiger partial charge in [-0.1, -0.05) is 24.3 Å². The number of carbonyl (C=O) groups is 3. The largest absolute Gasteiger partial charge is 0.573 e. The summed E-state index contributed by atoms with van der Waals surface area (Å²) in [5, 5.41) is 5.90. The number of nitrogens with one attached hydrogen (secondary N) is 2. The van der Waals surface area contributed by atoms with Crippen molar-refractivity contribution in [2.75, 3.05) is 46.5 Å². The van der Waals surface area contributed by atoms with E-state index in [4.69, 9.17) is 14.2 Å². The fourth-order valence-corrected chi connectivity index (χ4v) is 5.96. The van der Waals surface area contributed by atoms with Crippen molar-refractivity contribution in [2.24, 2.45) is 0 Å². The summed E-state index contributed by atoms with van der Waals surface area (Å²) < 4.78 is 59.0. The minimum atomic E-state index is -4.79. The van der Waals surface area contributed by atoms with E-state index in [-0.39, 0.29) is 61.9 Å². The second kappa shape index (κ2) is 14.5. The summed E-state index contributed by atoms with van der Waals surface area (Å²) in [4.78, 5) is 43.5. The summed E-state index contributed by atoms with van der Waals surface area (Å²) in [6.07, 6.45) is -3.57. The van der Waals surface area contributed by atoms with Crippen LogP contribution in [-0.2, 0) is 25.6 Å². The van der Waals surface area contributed by atoms with Gasteiger partial charge in [-0.25, -0.2) is 0 Å². The van der Waals surface area contributed by atoms with E-state index in [0.717, 1.165) is 5.56 Å². The highest BCUT2D eigenvalue weighted by molar-refractivity contribution is 6.00. The number of ether oxygens (including phenoxy) is 4. The van der Waals surface area contributed by atoms with Crippen LogP contribution in [0.1, 0.15) is 35.2 Å². The minimum Gasteiger partial charge on any atom is -0.493 e. The zero-order chi connectivity index (χ0) is 32.0. The maximum Gasteiger partial charge on any atom is 0.573 e. The van der Waals surface area contributed by atoms with Crippen molar-refractivity contribution < 1.29 is 46.5 Å². The maximum absolute atomic E-state index is 13.9. The number of nitrogens with zero attached hydrogens (tertiary/aromatic N) is 2. The van der Waals surface area contributed by atoms with Crippen molar-refractivity contribution in [1.29, 1.82) is 0 Å². The second-order valence-corrected chi connectivity index (χ2v) is 11.3. The highest BCUT2D eigenvalue weighted by Gasteiger charge is 2.39. The van der Waals surface area contributed by atoms with Gasteiger partial charge in [0.1, 0.15) is 24.1 Å². The van der Waals surface area contributed by atoms with Crippen LogP contribution in [0.15, 0.2) is 48.5 Å². The third-order valence-corrected chi connectivity index (χ3v) is 8.12. The van der Waals surface area contributed by atoms with Crippen molar-refractivity contribution in [3.8, 4) is 11.5 Å². The number of alkyl halides is 3. The zero-order valence-electron chi connectivity index (χ0n) is 24.9. The molecular weight excluding hydrogens is 597 g/mol. The summed E-state index contributed by atoms with van der Waals surface area (Å²) >= 11 is 0. The molecule has 11 nitrogen and oxygen atoms in total. The number of halogens is 3. The molecule has 3 heterocycles. The first-order valence-electron chi connectivity index (χ1n) is 14.9. The van der Waals surface area contributed by atoms with E-state index < -0.39 is 18.5 Å². The molecule has 3 aliphatic heterocycles. The summed E-state index contributed by atoms with van der Waals surface area (Å²) in [7, 11) is 1.44. The normalized spacial score (nSPS) is 24.8. The van der Waals surface area contributed by atoms with Crippen LogP contribution in [-0.4, -0.2) is 105 Å². The van der Waals surface area contributed by atoms with Crippen LogP contribution in [0.5, 0.6) is 11.5 Å². The van der Waals surface area contributed by atoms with E-state index in [9.17, 15) is 27.6 Å². The van der Waals surface area contributed by atoms with Crippen molar-refractivity contribution in [3.05, 3.63) is 59.7 Å². The molecule has 2 aromatic rings. The third kappa shape index (κ3) is 8.65. The Hall–Kier alpha value is -3.88. The van der Waals surface area contributed by atoms with Crippen LogP contribution in [0.3, 0.4) is 0 Å². The number of fused-ring (bicyclic) bond motifs is 4. The third-order valence-electron chi connectivity index (χ3n) is 8.12. The van der Waals surface area contributed by atoms with Gasteiger partial charge >= 0.3 is 6.36 Å².